The minimum Gasteiger partial charge on any atom is -0.490 e. The summed E-state index contributed by atoms with van der Waals surface area (Å²) in [6.07, 6.45) is 5.24. The van der Waals surface area contributed by atoms with Crippen LogP contribution in [-0.2, 0) is 5.60 Å². The zero-order chi connectivity index (χ0) is 11.6. The summed E-state index contributed by atoms with van der Waals surface area (Å²) >= 11 is 0. The molecule has 0 aliphatic heterocycles. The van der Waals surface area contributed by atoms with Crippen molar-refractivity contribution in [1.82, 2.24) is 0 Å². The van der Waals surface area contributed by atoms with Crippen molar-refractivity contribution in [1.29, 1.82) is 0 Å². The Bertz CT molecular complexity index is 346. The summed E-state index contributed by atoms with van der Waals surface area (Å²) in [4.78, 5) is 0. The Hall–Kier alpha value is -1.02. The number of ether oxygens (including phenoxy) is 1. The van der Waals surface area contributed by atoms with Gasteiger partial charge in [-0.05, 0) is 57.2 Å². The van der Waals surface area contributed by atoms with E-state index in [-0.39, 0.29) is 0 Å². The Morgan fingerprint density at radius 1 is 1.25 bits per heavy atom. The molecule has 0 amide bonds. The number of hydrogen-bond acceptors (Lipinski definition) is 2. The fraction of sp³-hybridized carbons (Fsp3) is 0.571. The molecule has 2 heteroatoms. The molecule has 0 unspecified atom stereocenters. The Morgan fingerprint density at radius 3 is 2.56 bits per heavy atom. The molecule has 0 saturated heterocycles. The molecule has 0 atom stereocenters. The molecule has 0 bridgehead atoms. The van der Waals surface area contributed by atoms with E-state index in [2.05, 4.69) is 0 Å². The van der Waals surface area contributed by atoms with Gasteiger partial charge in [0.2, 0.25) is 0 Å². The molecule has 1 aromatic carbocycles. The molecule has 1 aliphatic carbocycles. The standard InChI is InChI=1S/C14H20O2/c1-14(2,15)11-6-5-9-13(10-11)16-12-7-3-4-8-12/h5-6,9-10,12,15H,3-4,7-8H2,1-2H3. The first-order valence-corrected chi connectivity index (χ1v) is 6.05. The van der Waals surface area contributed by atoms with Crippen molar-refractivity contribution in [2.24, 2.45) is 0 Å². The molecule has 1 fully saturated rings. The average molecular weight is 220 g/mol. The highest BCUT2D eigenvalue weighted by molar-refractivity contribution is 5.31. The Kier molecular flexibility index (Phi) is 3.20. The van der Waals surface area contributed by atoms with Gasteiger partial charge in [0.1, 0.15) is 5.75 Å². The SMILES string of the molecule is CC(C)(O)c1cccc(OC2CCCC2)c1. The van der Waals surface area contributed by atoms with Crippen LogP contribution in [0.15, 0.2) is 24.3 Å². The van der Waals surface area contributed by atoms with E-state index in [1.165, 1.54) is 12.8 Å². The predicted octanol–water partition coefficient (Wildman–Crippen LogP) is 3.24. The third-order valence-electron chi connectivity index (χ3n) is 3.15. The summed E-state index contributed by atoms with van der Waals surface area (Å²) < 4.78 is 5.90. The van der Waals surface area contributed by atoms with Crippen LogP contribution < -0.4 is 4.74 Å². The summed E-state index contributed by atoms with van der Waals surface area (Å²) in [5.41, 5.74) is 0.109. The zero-order valence-corrected chi connectivity index (χ0v) is 10.1. The number of aliphatic hydroxyl groups is 1. The van der Waals surface area contributed by atoms with Gasteiger partial charge in [-0.3, -0.25) is 0 Å². The Balaban J connectivity index is 2.09. The first kappa shape index (κ1) is 11.5. The van der Waals surface area contributed by atoms with Crippen LogP contribution in [0.25, 0.3) is 0 Å². The highest BCUT2D eigenvalue weighted by atomic mass is 16.5. The lowest BCUT2D eigenvalue weighted by molar-refractivity contribution is 0.0780. The van der Waals surface area contributed by atoms with Crippen LogP contribution in [0.2, 0.25) is 0 Å². The van der Waals surface area contributed by atoms with Crippen molar-refractivity contribution in [3.05, 3.63) is 29.8 Å². The van der Waals surface area contributed by atoms with Gasteiger partial charge < -0.3 is 9.84 Å². The molecule has 1 N–H and O–H groups in total. The summed E-state index contributed by atoms with van der Waals surface area (Å²) in [5, 5.41) is 9.92. The molecule has 16 heavy (non-hydrogen) atoms. The molecule has 2 nitrogen and oxygen atoms in total. The van der Waals surface area contributed by atoms with Gasteiger partial charge in [0.25, 0.3) is 0 Å². The van der Waals surface area contributed by atoms with Gasteiger partial charge in [-0.1, -0.05) is 12.1 Å². The van der Waals surface area contributed by atoms with Gasteiger partial charge in [0, 0.05) is 0 Å². The summed E-state index contributed by atoms with van der Waals surface area (Å²) in [6, 6.07) is 7.78. The van der Waals surface area contributed by atoms with Crippen molar-refractivity contribution in [2.45, 2.75) is 51.2 Å². The van der Waals surface area contributed by atoms with Crippen molar-refractivity contribution >= 4 is 0 Å². The van der Waals surface area contributed by atoms with Gasteiger partial charge in [-0.25, -0.2) is 0 Å². The van der Waals surface area contributed by atoms with E-state index in [1.807, 2.05) is 24.3 Å². The molecule has 0 radical (unpaired) electrons. The van der Waals surface area contributed by atoms with Gasteiger partial charge in [0.15, 0.2) is 0 Å². The normalized spacial score (nSPS) is 17.7. The lowest BCUT2D eigenvalue weighted by Gasteiger charge is -2.20. The third kappa shape index (κ3) is 2.76. The van der Waals surface area contributed by atoms with Crippen molar-refractivity contribution in [3.63, 3.8) is 0 Å². The zero-order valence-electron chi connectivity index (χ0n) is 10.1. The number of hydrogen-bond donors (Lipinski definition) is 1. The quantitative estimate of drug-likeness (QED) is 0.847. The fourth-order valence-electron chi connectivity index (χ4n) is 2.15. The second kappa shape index (κ2) is 4.46. The molecular formula is C14H20O2. The maximum atomic E-state index is 9.92. The number of rotatable bonds is 3. The van der Waals surface area contributed by atoms with Crippen LogP contribution in [0.1, 0.15) is 45.1 Å². The summed E-state index contributed by atoms with van der Waals surface area (Å²) in [7, 11) is 0. The van der Waals surface area contributed by atoms with Crippen LogP contribution in [0.5, 0.6) is 5.75 Å². The maximum Gasteiger partial charge on any atom is 0.120 e. The van der Waals surface area contributed by atoms with Crippen molar-refractivity contribution < 1.29 is 9.84 Å². The first-order chi connectivity index (χ1) is 7.55. The van der Waals surface area contributed by atoms with Crippen molar-refractivity contribution in [3.8, 4) is 5.75 Å². The largest absolute Gasteiger partial charge is 0.490 e. The van der Waals surface area contributed by atoms with Crippen LogP contribution in [-0.4, -0.2) is 11.2 Å². The molecule has 0 aromatic heterocycles. The minimum absolute atomic E-state index is 0.372. The fourth-order valence-corrected chi connectivity index (χ4v) is 2.15. The van der Waals surface area contributed by atoms with E-state index in [0.717, 1.165) is 24.2 Å². The second-order valence-electron chi connectivity index (χ2n) is 5.11. The highest BCUT2D eigenvalue weighted by Crippen LogP contribution is 2.27. The summed E-state index contributed by atoms with van der Waals surface area (Å²) in [5.74, 6) is 0.881. The van der Waals surface area contributed by atoms with Gasteiger partial charge in [0.05, 0.1) is 11.7 Å². The van der Waals surface area contributed by atoms with Gasteiger partial charge >= 0.3 is 0 Å². The van der Waals surface area contributed by atoms with E-state index >= 15 is 0 Å². The molecular weight excluding hydrogens is 200 g/mol. The Morgan fingerprint density at radius 2 is 1.94 bits per heavy atom. The molecule has 0 heterocycles. The lowest BCUT2D eigenvalue weighted by atomic mass is 9.98. The van der Waals surface area contributed by atoms with Gasteiger partial charge in [-0.2, -0.15) is 0 Å². The second-order valence-corrected chi connectivity index (χ2v) is 5.11. The Labute approximate surface area is 97.3 Å². The number of benzene rings is 1. The van der Waals surface area contributed by atoms with E-state index in [4.69, 9.17) is 4.74 Å². The van der Waals surface area contributed by atoms with E-state index in [0.29, 0.717) is 6.10 Å². The van der Waals surface area contributed by atoms with Crippen LogP contribution in [0, 0.1) is 0 Å². The molecule has 1 aliphatic rings. The van der Waals surface area contributed by atoms with Crippen LogP contribution >= 0.6 is 0 Å². The smallest absolute Gasteiger partial charge is 0.120 e. The van der Waals surface area contributed by atoms with E-state index in [1.54, 1.807) is 13.8 Å². The van der Waals surface area contributed by atoms with Crippen LogP contribution in [0.3, 0.4) is 0 Å². The lowest BCUT2D eigenvalue weighted by Crippen LogP contribution is -2.16. The van der Waals surface area contributed by atoms with Gasteiger partial charge in [-0.15, -0.1) is 0 Å². The highest BCUT2D eigenvalue weighted by Gasteiger charge is 2.19. The first-order valence-electron chi connectivity index (χ1n) is 6.05. The predicted molar refractivity (Wildman–Crippen MR) is 64.6 cm³/mol. The third-order valence-corrected chi connectivity index (χ3v) is 3.15. The average Bonchev–Trinajstić information content (AvgIpc) is 2.70. The molecule has 1 saturated carbocycles. The summed E-state index contributed by atoms with van der Waals surface area (Å²) in [6.45, 7) is 3.59. The molecule has 2 rings (SSSR count). The van der Waals surface area contributed by atoms with E-state index < -0.39 is 5.60 Å². The molecule has 88 valence electrons. The van der Waals surface area contributed by atoms with Crippen molar-refractivity contribution in [2.75, 3.05) is 0 Å². The monoisotopic (exact) mass is 220 g/mol. The van der Waals surface area contributed by atoms with E-state index in [9.17, 15) is 5.11 Å². The topological polar surface area (TPSA) is 29.5 Å². The minimum atomic E-state index is -0.797. The molecule has 1 aromatic rings. The molecule has 0 spiro atoms. The maximum absolute atomic E-state index is 9.92. The van der Waals surface area contributed by atoms with Crippen LogP contribution in [0.4, 0.5) is 0 Å².